The van der Waals surface area contributed by atoms with Crippen molar-refractivity contribution in [3.05, 3.63) is 30.1 Å². The lowest BCUT2D eigenvalue weighted by molar-refractivity contribution is -0.141. The number of aliphatic carboxylic acids is 1. The molecule has 1 aliphatic heterocycles. The van der Waals surface area contributed by atoms with Crippen LogP contribution in [0.25, 0.3) is 0 Å². The van der Waals surface area contributed by atoms with E-state index in [0.717, 1.165) is 17.1 Å². The van der Waals surface area contributed by atoms with Crippen LogP contribution in [0.4, 0.5) is 9.18 Å². The zero-order valence-electron chi connectivity index (χ0n) is 12.1. The molecule has 22 heavy (non-hydrogen) atoms. The maximum Gasteiger partial charge on any atom is 0.317 e. The molecule has 1 heterocycles. The summed E-state index contributed by atoms with van der Waals surface area (Å²) in [5.74, 6) is -0.711. The third-order valence-electron chi connectivity index (χ3n) is 3.50. The van der Waals surface area contributed by atoms with Gasteiger partial charge in [0.2, 0.25) is 0 Å². The number of nitrogens with one attached hydrogen (secondary N) is 1. The van der Waals surface area contributed by atoms with E-state index < -0.39 is 11.9 Å². The molecule has 1 saturated heterocycles. The third-order valence-corrected chi connectivity index (χ3v) is 4.60. The summed E-state index contributed by atoms with van der Waals surface area (Å²) in [7, 11) is 0. The molecule has 0 saturated carbocycles. The van der Waals surface area contributed by atoms with Gasteiger partial charge in [0.1, 0.15) is 5.82 Å². The first-order chi connectivity index (χ1) is 10.6. The zero-order valence-corrected chi connectivity index (χ0v) is 12.9. The van der Waals surface area contributed by atoms with Crippen molar-refractivity contribution in [3.63, 3.8) is 0 Å². The molecule has 1 fully saturated rings. The Bertz CT molecular complexity index is 524. The smallest absolute Gasteiger partial charge is 0.317 e. The summed E-state index contributed by atoms with van der Waals surface area (Å²) in [4.78, 5) is 25.2. The second kappa shape index (κ2) is 8.03. The highest BCUT2D eigenvalue weighted by Gasteiger charge is 2.30. The minimum absolute atomic E-state index is 0.199. The first-order valence-corrected chi connectivity index (χ1v) is 8.19. The quantitative estimate of drug-likeness (QED) is 0.622. The van der Waals surface area contributed by atoms with Gasteiger partial charge in [0, 0.05) is 24.5 Å². The number of nitrogens with zero attached hydrogens (tertiary/aromatic N) is 1. The molecule has 2 rings (SSSR count). The van der Waals surface area contributed by atoms with E-state index in [-0.39, 0.29) is 18.4 Å². The number of thioether (sulfide) groups is 1. The van der Waals surface area contributed by atoms with Crippen molar-refractivity contribution in [2.45, 2.75) is 17.7 Å². The summed E-state index contributed by atoms with van der Waals surface area (Å²) in [5.41, 5.74) is 0. The molecular weight excluding hydrogens is 307 g/mol. The van der Waals surface area contributed by atoms with E-state index in [0.29, 0.717) is 19.5 Å². The van der Waals surface area contributed by atoms with Crippen LogP contribution in [-0.2, 0) is 4.79 Å². The highest BCUT2D eigenvalue weighted by Crippen LogP contribution is 2.19. The predicted octanol–water partition coefficient (Wildman–Crippen LogP) is 2.42. The Kier molecular flexibility index (Phi) is 6.06. The number of benzene rings is 1. The van der Waals surface area contributed by atoms with E-state index >= 15 is 0 Å². The van der Waals surface area contributed by atoms with Crippen LogP contribution in [0.5, 0.6) is 0 Å². The van der Waals surface area contributed by atoms with Crippen molar-refractivity contribution < 1.29 is 19.1 Å². The number of carbonyl (C=O) groups is 2. The predicted molar refractivity (Wildman–Crippen MR) is 82.5 cm³/mol. The van der Waals surface area contributed by atoms with E-state index in [4.69, 9.17) is 5.11 Å². The molecule has 0 spiro atoms. The van der Waals surface area contributed by atoms with Gasteiger partial charge in [0.05, 0.1) is 5.92 Å². The van der Waals surface area contributed by atoms with Gasteiger partial charge in [-0.05, 0) is 42.9 Å². The van der Waals surface area contributed by atoms with E-state index in [1.165, 1.54) is 12.1 Å². The molecule has 1 aliphatic rings. The molecule has 0 aromatic heterocycles. The Balaban J connectivity index is 1.59. The van der Waals surface area contributed by atoms with E-state index in [1.807, 2.05) is 0 Å². The Morgan fingerprint density at radius 2 is 2.09 bits per heavy atom. The first-order valence-electron chi connectivity index (χ1n) is 7.20. The third kappa shape index (κ3) is 4.91. The monoisotopic (exact) mass is 326 g/mol. The second-order valence-electron chi connectivity index (χ2n) is 5.16. The minimum Gasteiger partial charge on any atom is -0.481 e. The summed E-state index contributed by atoms with van der Waals surface area (Å²) < 4.78 is 12.7. The number of carboxylic acids is 1. The molecule has 5 nitrogen and oxygen atoms in total. The van der Waals surface area contributed by atoms with Gasteiger partial charge in [-0.25, -0.2) is 9.18 Å². The lowest BCUT2D eigenvalue weighted by atomic mass is 10.1. The van der Waals surface area contributed by atoms with Gasteiger partial charge in [-0.3, -0.25) is 4.79 Å². The topological polar surface area (TPSA) is 69.6 Å². The van der Waals surface area contributed by atoms with Crippen molar-refractivity contribution in [2.24, 2.45) is 5.92 Å². The number of carboxylic acid groups (broad SMARTS) is 1. The van der Waals surface area contributed by atoms with Crippen LogP contribution in [0.1, 0.15) is 12.8 Å². The number of urea groups is 1. The lowest BCUT2D eigenvalue weighted by Crippen LogP contribution is -2.39. The molecule has 120 valence electrons. The summed E-state index contributed by atoms with van der Waals surface area (Å²) >= 11 is 1.61. The number of carbonyl (C=O) groups excluding carboxylic acids is 1. The molecule has 0 radical (unpaired) electrons. The molecule has 2 amide bonds. The Hall–Kier alpha value is -1.76. The average molecular weight is 326 g/mol. The minimum atomic E-state index is -0.842. The number of amides is 2. The number of hydrogen-bond acceptors (Lipinski definition) is 3. The Morgan fingerprint density at radius 3 is 2.73 bits per heavy atom. The summed E-state index contributed by atoms with van der Waals surface area (Å²) in [6.45, 7) is 1.32. The standard InChI is InChI=1S/C15H19FN2O3S/c16-12-2-4-13(5-3-12)22-9-1-7-17-15(21)18-8-6-11(10-18)14(19)20/h2-5,11H,1,6-10H2,(H,17,21)(H,19,20). The van der Waals surface area contributed by atoms with Gasteiger partial charge in [0.25, 0.3) is 0 Å². The van der Waals surface area contributed by atoms with Crippen LogP contribution in [0.2, 0.25) is 0 Å². The second-order valence-corrected chi connectivity index (χ2v) is 6.33. The van der Waals surface area contributed by atoms with Crippen LogP contribution in [0.15, 0.2) is 29.2 Å². The van der Waals surface area contributed by atoms with Crippen LogP contribution in [0, 0.1) is 11.7 Å². The van der Waals surface area contributed by atoms with Crippen molar-refractivity contribution in [1.29, 1.82) is 0 Å². The van der Waals surface area contributed by atoms with Gasteiger partial charge in [-0.2, -0.15) is 0 Å². The highest BCUT2D eigenvalue weighted by molar-refractivity contribution is 7.99. The van der Waals surface area contributed by atoms with Crippen LogP contribution in [-0.4, -0.2) is 47.4 Å². The SMILES string of the molecule is O=C(O)C1CCN(C(=O)NCCCSc2ccc(F)cc2)C1. The summed E-state index contributed by atoms with van der Waals surface area (Å²) in [6, 6.07) is 6.12. The lowest BCUT2D eigenvalue weighted by Gasteiger charge is -2.16. The van der Waals surface area contributed by atoms with Crippen LogP contribution >= 0.6 is 11.8 Å². The number of halogens is 1. The van der Waals surface area contributed by atoms with E-state index in [9.17, 15) is 14.0 Å². The molecule has 0 aliphatic carbocycles. The Morgan fingerprint density at radius 1 is 1.36 bits per heavy atom. The Labute approximate surface area is 132 Å². The van der Waals surface area contributed by atoms with Crippen molar-refractivity contribution in [3.8, 4) is 0 Å². The van der Waals surface area contributed by atoms with Crippen molar-refractivity contribution >= 4 is 23.8 Å². The maximum atomic E-state index is 12.7. The molecule has 1 atom stereocenters. The van der Waals surface area contributed by atoms with E-state index in [2.05, 4.69) is 5.32 Å². The maximum absolute atomic E-state index is 12.7. The van der Waals surface area contributed by atoms with Gasteiger partial charge < -0.3 is 15.3 Å². The molecule has 1 unspecified atom stereocenters. The van der Waals surface area contributed by atoms with Crippen LogP contribution < -0.4 is 5.32 Å². The average Bonchev–Trinajstić information content (AvgIpc) is 2.99. The van der Waals surface area contributed by atoms with Crippen molar-refractivity contribution in [2.75, 3.05) is 25.4 Å². The summed E-state index contributed by atoms with van der Waals surface area (Å²) in [5, 5.41) is 11.7. The fourth-order valence-corrected chi connectivity index (χ4v) is 3.10. The van der Waals surface area contributed by atoms with Gasteiger partial charge in [-0.1, -0.05) is 0 Å². The fourth-order valence-electron chi connectivity index (χ4n) is 2.25. The molecule has 1 aromatic rings. The molecule has 0 bridgehead atoms. The van der Waals surface area contributed by atoms with Gasteiger partial charge in [-0.15, -0.1) is 11.8 Å². The zero-order chi connectivity index (χ0) is 15.9. The fraction of sp³-hybridized carbons (Fsp3) is 0.467. The molecule has 1 aromatic carbocycles. The van der Waals surface area contributed by atoms with E-state index in [1.54, 1.807) is 28.8 Å². The normalized spacial score (nSPS) is 17.5. The molecule has 2 N–H and O–H groups in total. The highest BCUT2D eigenvalue weighted by atomic mass is 32.2. The molecular formula is C15H19FN2O3S. The van der Waals surface area contributed by atoms with Gasteiger partial charge in [0.15, 0.2) is 0 Å². The first kappa shape index (κ1) is 16.6. The van der Waals surface area contributed by atoms with Crippen molar-refractivity contribution in [1.82, 2.24) is 10.2 Å². The van der Waals surface area contributed by atoms with Crippen LogP contribution in [0.3, 0.4) is 0 Å². The number of hydrogen-bond donors (Lipinski definition) is 2. The summed E-state index contributed by atoms with van der Waals surface area (Å²) in [6.07, 6.45) is 1.31. The molecule has 7 heteroatoms. The largest absolute Gasteiger partial charge is 0.481 e. The van der Waals surface area contributed by atoms with Gasteiger partial charge >= 0.3 is 12.0 Å². The number of rotatable bonds is 6. The number of likely N-dealkylation sites (tertiary alicyclic amines) is 1.